The molecule has 84 valence electrons. The van der Waals surface area contributed by atoms with Crippen molar-refractivity contribution in [2.24, 2.45) is 5.22 Å². The van der Waals surface area contributed by atoms with Crippen LogP contribution in [0.25, 0.3) is 5.53 Å². The van der Waals surface area contributed by atoms with Crippen LogP contribution in [0.4, 0.5) is 26.3 Å². The lowest BCUT2D eigenvalue weighted by Gasteiger charge is -2.17. The van der Waals surface area contributed by atoms with E-state index in [4.69, 9.17) is 5.53 Å². The van der Waals surface area contributed by atoms with Crippen molar-refractivity contribution in [3.05, 3.63) is 29.1 Å². The second kappa shape index (κ2) is 3.24. The molecule has 0 spiro atoms. The summed E-state index contributed by atoms with van der Waals surface area (Å²) < 4.78 is 71.9. The average molecular weight is 230 g/mol. The van der Waals surface area contributed by atoms with Crippen LogP contribution in [0, 0.1) is 0 Å². The Bertz CT molecular complexity index is 342. The van der Waals surface area contributed by atoms with Crippen molar-refractivity contribution < 1.29 is 26.3 Å². The minimum Gasteiger partial charge on any atom is -0.361 e. The highest BCUT2D eigenvalue weighted by molar-refractivity contribution is 5.20. The first-order valence-corrected chi connectivity index (χ1v) is 3.39. The molecule has 1 aromatic rings. The Morgan fingerprint density at radius 3 is 1.47 bits per heavy atom. The molecule has 0 amide bonds. The minimum atomic E-state index is -5.02. The standard InChI is InChI=1S/C6H2F6N3/c7-5(8,9)3-1-2-4(6(10,11)12)15(3)14-13/h1-2H/q-1. The summed E-state index contributed by atoms with van der Waals surface area (Å²) >= 11 is 0. The van der Waals surface area contributed by atoms with Gasteiger partial charge < -0.3 is 10.2 Å². The Balaban J connectivity index is 3.37. The first-order chi connectivity index (χ1) is 6.68. The van der Waals surface area contributed by atoms with Gasteiger partial charge in [-0.3, -0.25) is 5.22 Å². The van der Waals surface area contributed by atoms with Crippen molar-refractivity contribution in [3.63, 3.8) is 0 Å². The quantitative estimate of drug-likeness (QED) is 0.524. The lowest BCUT2D eigenvalue weighted by molar-refractivity contribution is -0.152. The molecule has 0 aliphatic rings. The Hall–Kier alpha value is -1.54. The minimum absolute atomic E-state index is 0.183. The fraction of sp³-hybridized carbons (Fsp3) is 0.333. The van der Waals surface area contributed by atoms with Crippen molar-refractivity contribution in [1.29, 1.82) is 0 Å². The van der Waals surface area contributed by atoms with Crippen LogP contribution < -0.4 is 0 Å². The summed E-state index contributed by atoms with van der Waals surface area (Å²) in [6.07, 6.45) is -10.0. The van der Waals surface area contributed by atoms with Gasteiger partial charge in [-0.05, 0) is 0 Å². The molecule has 0 aromatic carbocycles. The van der Waals surface area contributed by atoms with E-state index >= 15 is 0 Å². The van der Waals surface area contributed by atoms with E-state index in [0.29, 0.717) is 0 Å². The molecule has 1 heterocycles. The summed E-state index contributed by atoms with van der Waals surface area (Å²) in [7, 11) is 0. The van der Waals surface area contributed by atoms with Crippen molar-refractivity contribution in [2.45, 2.75) is 12.4 Å². The maximum Gasteiger partial charge on any atom is 0.414 e. The third-order valence-electron chi connectivity index (χ3n) is 1.53. The zero-order valence-electron chi connectivity index (χ0n) is 6.76. The van der Waals surface area contributed by atoms with Gasteiger partial charge >= 0.3 is 12.4 Å². The molecule has 0 N–H and O–H groups in total. The maximum absolute atomic E-state index is 12.1. The number of halogens is 6. The van der Waals surface area contributed by atoms with Crippen LogP contribution in [-0.4, -0.2) is 4.68 Å². The van der Waals surface area contributed by atoms with Gasteiger partial charge in [0.1, 0.15) is 0 Å². The van der Waals surface area contributed by atoms with E-state index in [9.17, 15) is 26.3 Å². The molecule has 0 aliphatic carbocycles. The SMILES string of the molecule is [N-]=Nn1c(C(F)(F)F)ccc1C(F)(F)F. The Kier molecular flexibility index (Phi) is 2.49. The van der Waals surface area contributed by atoms with Gasteiger partial charge in [-0.15, -0.1) is 0 Å². The molecule has 0 aliphatic heterocycles. The monoisotopic (exact) mass is 230 g/mol. The summed E-state index contributed by atoms with van der Waals surface area (Å²) in [4.78, 5) is 0. The molecule has 1 aromatic heterocycles. The fourth-order valence-corrected chi connectivity index (χ4v) is 0.954. The second-order valence-corrected chi connectivity index (χ2v) is 2.50. The van der Waals surface area contributed by atoms with E-state index < -0.39 is 28.4 Å². The van der Waals surface area contributed by atoms with Crippen LogP contribution in [0.5, 0.6) is 0 Å². The first-order valence-electron chi connectivity index (χ1n) is 3.39. The average Bonchev–Trinajstić information content (AvgIpc) is 2.43. The van der Waals surface area contributed by atoms with Crippen LogP contribution >= 0.6 is 0 Å². The number of hydrogen-bond acceptors (Lipinski definition) is 1. The number of alkyl halides is 6. The van der Waals surface area contributed by atoms with E-state index in [0.717, 1.165) is 0 Å². The normalized spacial score (nSPS) is 12.9. The predicted molar refractivity (Wildman–Crippen MR) is 35.6 cm³/mol. The summed E-state index contributed by atoms with van der Waals surface area (Å²) in [5.74, 6) is 0. The van der Waals surface area contributed by atoms with Crippen molar-refractivity contribution in [3.8, 4) is 0 Å². The predicted octanol–water partition coefficient (Wildman–Crippen LogP) is 3.31. The van der Waals surface area contributed by atoms with E-state index in [1.807, 2.05) is 5.22 Å². The molecule has 0 radical (unpaired) electrons. The smallest absolute Gasteiger partial charge is 0.361 e. The number of rotatable bonds is 1. The van der Waals surface area contributed by atoms with Crippen LogP contribution in [0.15, 0.2) is 17.4 Å². The first kappa shape index (κ1) is 11.5. The molecule has 9 heteroatoms. The van der Waals surface area contributed by atoms with Crippen molar-refractivity contribution in [2.75, 3.05) is 0 Å². The summed E-state index contributed by atoms with van der Waals surface area (Å²) in [5, 5.41) is 1.94. The largest absolute Gasteiger partial charge is 0.414 e. The highest BCUT2D eigenvalue weighted by atomic mass is 19.4. The maximum atomic E-state index is 12.1. The molecule has 1 rings (SSSR count). The van der Waals surface area contributed by atoms with Crippen LogP contribution in [0.2, 0.25) is 0 Å². The van der Waals surface area contributed by atoms with Gasteiger partial charge in [0.05, 0.1) is 11.4 Å². The molecule has 0 bridgehead atoms. The van der Waals surface area contributed by atoms with Gasteiger partial charge in [-0.25, -0.2) is 0 Å². The molecule has 0 saturated carbocycles. The summed E-state index contributed by atoms with van der Waals surface area (Å²) in [6.45, 7) is 0. The molecular formula is C6H2F6N3-. The topological polar surface area (TPSA) is 39.6 Å². The van der Waals surface area contributed by atoms with E-state index in [-0.39, 0.29) is 12.1 Å². The van der Waals surface area contributed by atoms with Crippen LogP contribution in [0.1, 0.15) is 11.4 Å². The number of hydrogen-bond donors (Lipinski definition) is 0. The number of aromatic nitrogens is 1. The zero-order chi connectivity index (χ0) is 11.9. The van der Waals surface area contributed by atoms with Gasteiger partial charge in [-0.1, -0.05) is 12.1 Å². The van der Waals surface area contributed by atoms with Gasteiger partial charge in [0.2, 0.25) is 0 Å². The molecule has 15 heavy (non-hydrogen) atoms. The Morgan fingerprint density at radius 1 is 0.933 bits per heavy atom. The lowest BCUT2D eigenvalue weighted by atomic mass is 10.4. The van der Waals surface area contributed by atoms with Crippen LogP contribution in [-0.2, 0) is 12.4 Å². The Labute approximate surface area is 78.8 Å². The number of nitrogens with zero attached hydrogens (tertiary/aromatic N) is 3. The van der Waals surface area contributed by atoms with Gasteiger partial charge in [0.25, 0.3) is 0 Å². The van der Waals surface area contributed by atoms with E-state index in [1.165, 1.54) is 0 Å². The van der Waals surface area contributed by atoms with Crippen molar-refractivity contribution >= 4 is 0 Å². The van der Waals surface area contributed by atoms with E-state index in [1.54, 1.807) is 0 Å². The molecule has 3 nitrogen and oxygen atoms in total. The fourth-order valence-electron chi connectivity index (χ4n) is 0.954. The van der Waals surface area contributed by atoms with Gasteiger partial charge in [0, 0.05) is 0 Å². The molecule has 0 fully saturated rings. The third kappa shape index (κ3) is 2.10. The molecule has 0 unspecified atom stereocenters. The molecule has 0 atom stereocenters. The highest BCUT2D eigenvalue weighted by Gasteiger charge is 2.37. The summed E-state index contributed by atoms with van der Waals surface area (Å²) in [6, 6.07) is 0.366. The van der Waals surface area contributed by atoms with Crippen LogP contribution in [0.3, 0.4) is 0 Å². The lowest BCUT2D eigenvalue weighted by Crippen LogP contribution is -2.16. The van der Waals surface area contributed by atoms with E-state index in [2.05, 4.69) is 0 Å². The van der Waals surface area contributed by atoms with Gasteiger partial charge in [-0.2, -0.15) is 26.3 Å². The van der Waals surface area contributed by atoms with Gasteiger partial charge in [0.15, 0.2) is 0 Å². The summed E-state index contributed by atoms with van der Waals surface area (Å²) in [5.41, 5.74) is 4.71. The molecular weight excluding hydrogens is 228 g/mol. The Morgan fingerprint density at radius 2 is 1.27 bits per heavy atom. The highest BCUT2D eigenvalue weighted by Crippen LogP contribution is 2.36. The second-order valence-electron chi connectivity index (χ2n) is 2.50. The zero-order valence-corrected chi connectivity index (χ0v) is 6.76. The van der Waals surface area contributed by atoms with Crippen molar-refractivity contribution in [1.82, 2.24) is 4.68 Å². The third-order valence-corrected chi connectivity index (χ3v) is 1.53. The molecule has 0 saturated heterocycles.